The molecule has 0 aliphatic rings. The van der Waals surface area contributed by atoms with Crippen molar-refractivity contribution < 1.29 is 22.0 Å². The summed E-state index contributed by atoms with van der Waals surface area (Å²) in [6.45, 7) is 0. The van der Waals surface area contributed by atoms with Crippen LogP contribution in [0.1, 0.15) is 5.69 Å². The molecular formula is C17H8F5N5. The summed E-state index contributed by atoms with van der Waals surface area (Å²) < 4.78 is 67.7. The molecule has 0 amide bonds. The van der Waals surface area contributed by atoms with E-state index >= 15 is 0 Å². The minimum Gasteiger partial charge on any atom is -0.244 e. The molecule has 3 aromatic heterocycles. The fourth-order valence-corrected chi connectivity index (χ4v) is 2.72. The van der Waals surface area contributed by atoms with E-state index in [9.17, 15) is 22.0 Å². The molecule has 1 aromatic carbocycles. The fourth-order valence-electron chi connectivity index (χ4n) is 2.72. The zero-order valence-corrected chi connectivity index (χ0v) is 13.2. The highest BCUT2D eigenvalue weighted by atomic mass is 19.4. The van der Waals surface area contributed by atoms with Gasteiger partial charge in [0.05, 0.1) is 11.9 Å². The second-order valence-corrected chi connectivity index (χ2v) is 5.53. The Morgan fingerprint density at radius 1 is 0.889 bits per heavy atom. The number of rotatable bonds is 2. The van der Waals surface area contributed by atoms with Crippen molar-refractivity contribution >= 4 is 11.0 Å². The first kappa shape index (κ1) is 17.0. The van der Waals surface area contributed by atoms with Crippen molar-refractivity contribution in [3.05, 3.63) is 66.5 Å². The summed E-state index contributed by atoms with van der Waals surface area (Å²) >= 11 is 0. The minimum absolute atomic E-state index is 0.168. The van der Waals surface area contributed by atoms with Crippen LogP contribution in [0.25, 0.3) is 27.8 Å². The molecule has 10 heteroatoms. The van der Waals surface area contributed by atoms with Crippen LogP contribution in [0.2, 0.25) is 0 Å². The Morgan fingerprint density at radius 3 is 2.44 bits per heavy atom. The van der Waals surface area contributed by atoms with Crippen molar-refractivity contribution in [2.45, 2.75) is 6.18 Å². The van der Waals surface area contributed by atoms with Gasteiger partial charge in [-0.2, -0.15) is 18.3 Å². The van der Waals surface area contributed by atoms with Crippen molar-refractivity contribution in [2.75, 3.05) is 0 Å². The molecule has 4 rings (SSSR count). The lowest BCUT2D eigenvalue weighted by Gasteiger charge is -2.11. The quantitative estimate of drug-likeness (QED) is 0.492. The lowest BCUT2D eigenvalue weighted by molar-refractivity contribution is -0.140. The van der Waals surface area contributed by atoms with Crippen molar-refractivity contribution in [3.63, 3.8) is 0 Å². The lowest BCUT2D eigenvalue weighted by Crippen LogP contribution is -2.10. The third-order valence-corrected chi connectivity index (χ3v) is 3.89. The molecule has 0 aliphatic carbocycles. The van der Waals surface area contributed by atoms with Gasteiger partial charge in [0.2, 0.25) is 0 Å². The van der Waals surface area contributed by atoms with E-state index < -0.39 is 23.5 Å². The van der Waals surface area contributed by atoms with Crippen molar-refractivity contribution in [1.82, 2.24) is 24.7 Å². The van der Waals surface area contributed by atoms with Crippen LogP contribution < -0.4 is 0 Å². The van der Waals surface area contributed by atoms with Gasteiger partial charge in [0.15, 0.2) is 23.0 Å². The number of alkyl halides is 3. The van der Waals surface area contributed by atoms with Crippen LogP contribution in [0.4, 0.5) is 22.0 Å². The molecule has 0 bridgehead atoms. The summed E-state index contributed by atoms with van der Waals surface area (Å²) in [5, 5.41) is 4.34. The summed E-state index contributed by atoms with van der Waals surface area (Å²) in [6, 6.07) is 4.51. The predicted octanol–water partition coefficient (Wildman–Crippen LogP) is 4.17. The summed E-state index contributed by atoms with van der Waals surface area (Å²) in [5.41, 5.74) is -0.807. The Hall–Kier alpha value is -3.43. The second-order valence-electron chi connectivity index (χ2n) is 5.53. The summed E-state index contributed by atoms with van der Waals surface area (Å²) in [4.78, 5) is 11.1. The number of halogens is 5. The molecule has 136 valence electrons. The molecule has 0 unspecified atom stereocenters. The number of nitrogens with zero attached hydrogens (tertiary/aromatic N) is 5. The normalized spacial score (nSPS) is 11.9. The van der Waals surface area contributed by atoms with Gasteiger partial charge in [0.1, 0.15) is 6.33 Å². The second kappa shape index (κ2) is 6.08. The molecular weight excluding hydrogens is 369 g/mol. The predicted molar refractivity (Wildman–Crippen MR) is 84.8 cm³/mol. The summed E-state index contributed by atoms with van der Waals surface area (Å²) in [6.07, 6.45) is -0.214. The average molecular weight is 377 g/mol. The van der Waals surface area contributed by atoms with E-state index in [1.807, 2.05) is 0 Å². The number of benzene rings is 1. The molecule has 0 atom stereocenters. The summed E-state index contributed by atoms with van der Waals surface area (Å²) in [5.74, 6) is -2.11. The molecule has 0 fully saturated rings. The molecule has 0 N–H and O–H groups in total. The number of hydrogen-bond acceptors (Lipinski definition) is 4. The number of aromatic nitrogens is 5. The monoisotopic (exact) mass is 377 g/mol. The van der Waals surface area contributed by atoms with E-state index in [4.69, 9.17) is 0 Å². The standard InChI is InChI=1S/C17H8F5N5/c18-13-2-1-9(5-14(13)19)27-16-12(7-26-27)10(3-4-24-16)11-6-23-8-25-15(11)17(20,21)22/h1-8H. The highest BCUT2D eigenvalue weighted by molar-refractivity contribution is 5.93. The van der Waals surface area contributed by atoms with Gasteiger partial charge in [-0.1, -0.05) is 0 Å². The van der Waals surface area contributed by atoms with E-state index in [1.54, 1.807) is 0 Å². The van der Waals surface area contributed by atoms with Crippen LogP contribution in [0, 0.1) is 11.6 Å². The van der Waals surface area contributed by atoms with Crippen molar-refractivity contribution in [2.24, 2.45) is 0 Å². The largest absolute Gasteiger partial charge is 0.434 e. The third-order valence-electron chi connectivity index (χ3n) is 3.89. The van der Waals surface area contributed by atoms with Crippen LogP contribution in [0.15, 0.2) is 49.2 Å². The Kier molecular flexibility index (Phi) is 3.83. The van der Waals surface area contributed by atoms with E-state index in [0.717, 1.165) is 24.7 Å². The highest BCUT2D eigenvalue weighted by Gasteiger charge is 2.36. The number of pyridine rings is 1. The van der Waals surface area contributed by atoms with E-state index in [-0.39, 0.29) is 27.8 Å². The molecule has 27 heavy (non-hydrogen) atoms. The maximum atomic E-state index is 13.5. The minimum atomic E-state index is -4.68. The lowest BCUT2D eigenvalue weighted by atomic mass is 10.0. The van der Waals surface area contributed by atoms with E-state index in [0.29, 0.717) is 0 Å². The Labute approximate surface area is 148 Å². The van der Waals surface area contributed by atoms with Gasteiger partial charge in [0, 0.05) is 29.4 Å². The van der Waals surface area contributed by atoms with Crippen molar-refractivity contribution in [3.8, 4) is 16.8 Å². The van der Waals surface area contributed by atoms with Gasteiger partial charge in [-0.05, 0) is 23.8 Å². The average Bonchev–Trinajstić information content (AvgIpc) is 3.07. The molecule has 0 aliphatic heterocycles. The van der Waals surface area contributed by atoms with Gasteiger partial charge in [-0.3, -0.25) is 0 Å². The van der Waals surface area contributed by atoms with Gasteiger partial charge < -0.3 is 0 Å². The molecule has 0 radical (unpaired) electrons. The maximum Gasteiger partial charge on any atom is 0.434 e. The van der Waals surface area contributed by atoms with Gasteiger partial charge >= 0.3 is 6.18 Å². The molecule has 3 heterocycles. The number of fused-ring (bicyclic) bond motifs is 1. The van der Waals surface area contributed by atoms with Crippen LogP contribution in [0.3, 0.4) is 0 Å². The zero-order valence-electron chi connectivity index (χ0n) is 13.2. The van der Waals surface area contributed by atoms with Gasteiger partial charge in [0.25, 0.3) is 0 Å². The van der Waals surface area contributed by atoms with Gasteiger partial charge in [-0.15, -0.1) is 0 Å². The molecule has 5 nitrogen and oxygen atoms in total. The Bertz CT molecular complexity index is 1150. The first-order valence-corrected chi connectivity index (χ1v) is 7.52. The molecule has 0 spiro atoms. The smallest absolute Gasteiger partial charge is 0.244 e. The van der Waals surface area contributed by atoms with Crippen LogP contribution in [0.5, 0.6) is 0 Å². The molecule has 0 saturated carbocycles. The van der Waals surface area contributed by atoms with Crippen LogP contribution in [-0.4, -0.2) is 24.7 Å². The maximum absolute atomic E-state index is 13.5. The van der Waals surface area contributed by atoms with Crippen molar-refractivity contribution in [1.29, 1.82) is 0 Å². The van der Waals surface area contributed by atoms with Crippen LogP contribution in [-0.2, 0) is 6.18 Å². The first-order chi connectivity index (χ1) is 12.9. The zero-order chi connectivity index (χ0) is 19.2. The Morgan fingerprint density at radius 2 is 1.70 bits per heavy atom. The summed E-state index contributed by atoms with van der Waals surface area (Å²) in [7, 11) is 0. The first-order valence-electron chi connectivity index (χ1n) is 7.52. The van der Waals surface area contributed by atoms with Gasteiger partial charge in [-0.25, -0.2) is 28.4 Å². The fraction of sp³-hybridized carbons (Fsp3) is 0.0588. The number of hydrogen-bond donors (Lipinski definition) is 0. The third kappa shape index (κ3) is 2.88. The van der Waals surface area contributed by atoms with E-state index in [1.165, 1.54) is 29.2 Å². The van der Waals surface area contributed by atoms with E-state index in [2.05, 4.69) is 20.1 Å². The highest BCUT2D eigenvalue weighted by Crippen LogP contribution is 2.37. The molecule has 0 saturated heterocycles. The SMILES string of the molecule is Fc1ccc(-n2ncc3c(-c4cncnc4C(F)(F)F)ccnc32)cc1F. The topological polar surface area (TPSA) is 56.5 Å². The Balaban J connectivity index is 1.94. The van der Waals surface area contributed by atoms with Crippen LogP contribution >= 0.6 is 0 Å². The molecule has 4 aromatic rings.